The molecule has 1 atom stereocenters. The smallest absolute Gasteiger partial charge is 0.0710 e. The van der Waals surface area contributed by atoms with E-state index in [2.05, 4.69) is 11.9 Å². The molecule has 0 amide bonds. The molecule has 1 aliphatic heterocycles. The molecule has 1 unspecified atom stereocenters. The SMILES string of the molecule is CN(CC1CCC2(CCCCC2)O1)C1CCC(N)CC1. The lowest BCUT2D eigenvalue weighted by Crippen LogP contribution is -2.42. The Bertz CT molecular complexity index is 306. The fraction of sp³-hybridized carbons (Fsp3) is 1.00. The zero-order chi connectivity index (χ0) is 14.0. The van der Waals surface area contributed by atoms with Crippen molar-refractivity contribution < 1.29 is 4.74 Å². The van der Waals surface area contributed by atoms with Gasteiger partial charge in [-0.3, -0.25) is 0 Å². The van der Waals surface area contributed by atoms with E-state index in [1.54, 1.807) is 0 Å². The fourth-order valence-electron chi connectivity index (χ4n) is 4.60. The Labute approximate surface area is 124 Å². The molecular formula is C17H32N2O. The van der Waals surface area contributed by atoms with Gasteiger partial charge in [0.25, 0.3) is 0 Å². The van der Waals surface area contributed by atoms with Crippen molar-refractivity contribution in [2.45, 2.75) is 94.4 Å². The van der Waals surface area contributed by atoms with Crippen molar-refractivity contribution in [3.63, 3.8) is 0 Å². The average molecular weight is 280 g/mol. The summed E-state index contributed by atoms with van der Waals surface area (Å²) in [4.78, 5) is 2.55. The number of nitrogens with two attached hydrogens (primary N) is 1. The highest BCUT2D eigenvalue weighted by atomic mass is 16.5. The third kappa shape index (κ3) is 3.37. The van der Waals surface area contributed by atoms with Crippen LogP contribution in [-0.4, -0.2) is 42.3 Å². The second-order valence-corrected chi connectivity index (χ2v) is 7.53. The summed E-state index contributed by atoms with van der Waals surface area (Å²) in [6.45, 7) is 1.13. The van der Waals surface area contributed by atoms with E-state index in [0.29, 0.717) is 12.1 Å². The largest absolute Gasteiger partial charge is 0.370 e. The Balaban J connectivity index is 1.46. The van der Waals surface area contributed by atoms with Gasteiger partial charge in [0, 0.05) is 18.6 Å². The average Bonchev–Trinajstić information content (AvgIpc) is 2.83. The first-order valence-electron chi connectivity index (χ1n) is 8.80. The maximum atomic E-state index is 6.51. The van der Waals surface area contributed by atoms with E-state index in [1.807, 2.05) is 0 Å². The molecule has 3 fully saturated rings. The zero-order valence-corrected chi connectivity index (χ0v) is 13.2. The van der Waals surface area contributed by atoms with E-state index in [4.69, 9.17) is 10.5 Å². The maximum absolute atomic E-state index is 6.51. The molecule has 0 aromatic heterocycles. The highest BCUT2D eigenvalue weighted by Crippen LogP contribution is 2.42. The molecule has 0 radical (unpaired) electrons. The van der Waals surface area contributed by atoms with Gasteiger partial charge in [-0.25, -0.2) is 0 Å². The molecule has 1 heterocycles. The second kappa shape index (κ2) is 6.33. The highest BCUT2D eigenvalue weighted by molar-refractivity contribution is 4.92. The summed E-state index contributed by atoms with van der Waals surface area (Å²) in [6, 6.07) is 1.19. The van der Waals surface area contributed by atoms with Crippen molar-refractivity contribution in [3.05, 3.63) is 0 Å². The molecular weight excluding hydrogens is 248 g/mol. The molecule has 2 saturated carbocycles. The van der Waals surface area contributed by atoms with Gasteiger partial charge < -0.3 is 15.4 Å². The Morgan fingerprint density at radius 3 is 2.40 bits per heavy atom. The molecule has 0 bridgehead atoms. The third-order valence-corrected chi connectivity index (χ3v) is 5.96. The zero-order valence-electron chi connectivity index (χ0n) is 13.2. The number of hydrogen-bond donors (Lipinski definition) is 1. The molecule has 3 heteroatoms. The summed E-state index contributed by atoms with van der Waals surface area (Å²) < 4.78 is 6.51. The Hall–Kier alpha value is -0.120. The first-order chi connectivity index (χ1) is 9.67. The first-order valence-corrected chi connectivity index (χ1v) is 8.80. The van der Waals surface area contributed by atoms with Crippen molar-refractivity contribution in [3.8, 4) is 0 Å². The minimum atomic E-state index is 0.276. The van der Waals surface area contributed by atoms with Gasteiger partial charge in [0.1, 0.15) is 0 Å². The predicted molar refractivity (Wildman–Crippen MR) is 82.8 cm³/mol. The summed E-state index contributed by atoms with van der Waals surface area (Å²) in [5.41, 5.74) is 6.29. The van der Waals surface area contributed by atoms with Crippen LogP contribution in [0.25, 0.3) is 0 Å². The Kier molecular flexibility index (Phi) is 4.68. The molecule has 0 aromatic rings. The van der Waals surface area contributed by atoms with Crippen molar-refractivity contribution in [1.82, 2.24) is 4.90 Å². The Morgan fingerprint density at radius 1 is 1.00 bits per heavy atom. The van der Waals surface area contributed by atoms with E-state index in [-0.39, 0.29) is 5.60 Å². The molecule has 3 aliphatic rings. The van der Waals surface area contributed by atoms with E-state index in [9.17, 15) is 0 Å². The van der Waals surface area contributed by atoms with Gasteiger partial charge in [0.15, 0.2) is 0 Å². The summed E-state index contributed by atoms with van der Waals surface area (Å²) in [6.07, 6.45) is 14.8. The summed E-state index contributed by atoms with van der Waals surface area (Å²) in [7, 11) is 2.29. The van der Waals surface area contributed by atoms with Gasteiger partial charge in [0.05, 0.1) is 11.7 Å². The van der Waals surface area contributed by atoms with Crippen LogP contribution in [0.5, 0.6) is 0 Å². The predicted octanol–water partition coefficient (Wildman–Crippen LogP) is 3.07. The highest BCUT2D eigenvalue weighted by Gasteiger charge is 2.41. The molecule has 2 aliphatic carbocycles. The number of ether oxygens (including phenoxy) is 1. The van der Waals surface area contributed by atoms with Crippen molar-refractivity contribution in [2.75, 3.05) is 13.6 Å². The van der Waals surface area contributed by atoms with Crippen LogP contribution in [0.2, 0.25) is 0 Å². The standard InChI is InChI=1S/C17H32N2O/c1-19(15-7-5-14(18)6-8-15)13-16-9-12-17(20-16)10-3-2-4-11-17/h14-16H,2-13,18H2,1H3. The number of nitrogens with zero attached hydrogens (tertiary/aromatic N) is 1. The van der Waals surface area contributed by atoms with E-state index in [1.165, 1.54) is 70.6 Å². The molecule has 1 saturated heterocycles. The number of hydrogen-bond acceptors (Lipinski definition) is 3. The molecule has 3 rings (SSSR count). The fourth-order valence-corrected chi connectivity index (χ4v) is 4.60. The van der Waals surface area contributed by atoms with Gasteiger partial charge in [0.2, 0.25) is 0 Å². The van der Waals surface area contributed by atoms with Gasteiger partial charge >= 0.3 is 0 Å². The molecule has 0 aromatic carbocycles. The van der Waals surface area contributed by atoms with E-state index in [0.717, 1.165) is 12.6 Å². The van der Waals surface area contributed by atoms with Crippen molar-refractivity contribution >= 4 is 0 Å². The summed E-state index contributed by atoms with van der Waals surface area (Å²) in [5.74, 6) is 0. The van der Waals surface area contributed by atoms with Crippen LogP contribution < -0.4 is 5.73 Å². The maximum Gasteiger partial charge on any atom is 0.0710 e. The van der Waals surface area contributed by atoms with Crippen LogP contribution in [0, 0.1) is 0 Å². The number of likely N-dealkylation sites (N-methyl/N-ethyl adjacent to an activating group) is 1. The monoisotopic (exact) mass is 280 g/mol. The lowest BCUT2D eigenvalue weighted by atomic mass is 9.83. The van der Waals surface area contributed by atoms with Gasteiger partial charge in [-0.05, 0) is 58.4 Å². The van der Waals surface area contributed by atoms with Gasteiger partial charge in [-0.15, -0.1) is 0 Å². The van der Waals surface area contributed by atoms with E-state index >= 15 is 0 Å². The van der Waals surface area contributed by atoms with Crippen LogP contribution in [0.3, 0.4) is 0 Å². The van der Waals surface area contributed by atoms with Crippen molar-refractivity contribution in [1.29, 1.82) is 0 Å². The third-order valence-electron chi connectivity index (χ3n) is 5.96. The summed E-state index contributed by atoms with van der Waals surface area (Å²) >= 11 is 0. The molecule has 116 valence electrons. The lowest BCUT2D eigenvalue weighted by molar-refractivity contribution is -0.0736. The summed E-state index contributed by atoms with van der Waals surface area (Å²) in [5, 5.41) is 0. The van der Waals surface area contributed by atoms with Crippen molar-refractivity contribution in [2.24, 2.45) is 5.73 Å². The van der Waals surface area contributed by atoms with Crippen LogP contribution in [0.1, 0.15) is 70.6 Å². The van der Waals surface area contributed by atoms with Crippen LogP contribution in [-0.2, 0) is 4.74 Å². The van der Waals surface area contributed by atoms with Gasteiger partial charge in [-0.2, -0.15) is 0 Å². The quantitative estimate of drug-likeness (QED) is 0.863. The first kappa shape index (κ1) is 14.8. The minimum absolute atomic E-state index is 0.276. The molecule has 2 N–H and O–H groups in total. The lowest BCUT2D eigenvalue weighted by Gasteiger charge is -2.36. The second-order valence-electron chi connectivity index (χ2n) is 7.53. The minimum Gasteiger partial charge on any atom is -0.370 e. The number of rotatable bonds is 3. The van der Waals surface area contributed by atoms with Crippen LogP contribution in [0.4, 0.5) is 0 Å². The topological polar surface area (TPSA) is 38.5 Å². The molecule has 20 heavy (non-hydrogen) atoms. The molecule has 3 nitrogen and oxygen atoms in total. The van der Waals surface area contributed by atoms with Crippen LogP contribution >= 0.6 is 0 Å². The van der Waals surface area contributed by atoms with Crippen LogP contribution in [0.15, 0.2) is 0 Å². The van der Waals surface area contributed by atoms with Gasteiger partial charge in [-0.1, -0.05) is 19.3 Å². The molecule has 1 spiro atoms. The Morgan fingerprint density at radius 2 is 1.70 bits per heavy atom. The van der Waals surface area contributed by atoms with E-state index < -0.39 is 0 Å². The normalized spacial score (nSPS) is 37.6.